The fraction of sp³-hybridized carbons (Fsp3) is 0.333. The van der Waals surface area contributed by atoms with Crippen LogP contribution in [0.3, 0.4) is 0 Å². The van der Waals surface area contributed by atoms with Crippen molar-refractivity contribution in [3.8, 4) is 5.75 Å². The SMILES string of the molecule is C1=C(c2ccc3c(c2)OCC3)CNC1. The van der Waals surface area contributed by atoms with Crippen molar-refractivity contribution in [2.75, 3.05) is 19.7 Å². The smallest absolute Gasteiger partial charge is 0.123 e. The molecule has 0 aliphatic carbocycles. The second-order valence-electron chi connectivity index (χ2n) is 3.78. The molecule has 0 unspecified atom stereocenters. The predicted octanol–water partition coefficient (Wildman–Crippen LogP) is 1.61. The van der Waals surface area contributed by atoms with E-state index in [1.54, 1.807) is 0 Å². The molecule has 0 saturated carbocycles. The maximum absolute atomic E-state index is 5.55. The first kappa shape index (κ1) is 8.06. The van der Waals surface area contributed by atoms with Crippen LogP contribution < -0.4 is 10.1 Å². The summed E-state index contributed by atoms with van der Waals surface area (Å²) < 4.78 is 5.55. The molecule has 72 valence electrons. The maximum atomic E-state index is 5.55. The van der Waals surface area contributed by atoms with E-state index in [1.807, 2.05) is 0 Å². The van der Waals surface area contributed by atoms with Crippen LogP contribution in [0, 0.1) is 0 Å². The average Bonchev–Trinajstić information content (AvgIpc) is 2.88. The number of benzene rings is 1. The number of ether oxygens (including phenoxy) is 1. The number of nitrogens with one attached hydrogen (secondary N) is 1. The molecule has 0 amide bonds. The van der Waals surface area contributed by atoms with E-state index >= 15 is 0 Å². The van der Waals surface area contributed by atoms with E-state index in [2.05, 4.69) is 29.6 Å². The molecule has 2 heteroatoms. The van der Waals surface area contributed by atoms with Gasteiger partial charge in [0.2, 0.25) is 0 Å². The Balaban J connectivity index is 2.00. The first-order valence-electron chi connectivity index (χ1n) is 5.09. The van der Waals surface area contributed by atoms with Gasteiger partial charge in [-0.25, -0.2) is 0 Å². The van der Waals surface area contributed by atoms with Crippen LogP contribution >= 0.6 is 0 Å². The zero-order chi connectivity index (χ0) is 9.38. The summed E-state index contributed by atoms with van der Waals surface area (Å²) in [5.41, 5.74) is 4.04. The maximum Gasteiger partial charge on any atom is 0.123 e. The third kappa shape index (κ3) is 1.23. The van der Waals surface area contributed by atoms with Crippen LogP contribution in [0.15, 0.2) is 24.3 Å². The first-order valence-corrected chi connectivity index (χ1v) is 5.09. The van der Waals surface area contributed by atoms with E-state index < -0.39 is 0 Å². The Hall–Kier alpha value is -1.28. The highest BCUT2D eigenvalue weighted by molar-refractivity contribution is 5.70. The van der Waals surface area contributed by atoms with Gasteiger partial charge in [-0.15, -0.1) is 0 Å². The lowest BCUT2D eigenvalue weighted by atomic mass is 10.0. The van der Waals surface area contributed by atoms with Gasteiger partial charge in [-0.2, -0.15) is 0 Å². The minimum absolute atomic E-state index is 0.843. The fourth-order valence-corrected chi connectivity index (χ4v) is 2.06. The van der Waals surface area contributed by atoms with Crippen molar-refractivity contribution in [1.82, 2.24) is 5.32 Å². The second kappa shape index (κ2) is 3.14. The van der Waals surface area contributed by atoms with Crippen molar-refractivity contribution in [3.63, 3.8) is 0 Å². The second-order valence-corrected chi connectivity index (χ2v) is 3.78. The average molecular weight is 187 g/mol. The Morgan fingerprint density at radius 1 is 1.29 bits per heavy atom. The molecule has 0 atom stereocenters. The molecule has 0 fully saturated rings. The third-order valence-corrected chi connectivity index (χ3v) is 2.88. The van der Waals surface area contributed by atoms with Crippen molar-refractivity contribution in [2.24, 2.45) is 0 Å². The molecule has 2 aliphatic heterocycles. The standard InChI is InChI=1S/C12H13NO/c1-2-10(11-3-5-13-8-11)7-12-9(1)4-6-14-12/h1-3,7,13H,4-6,8H2. The summed E-state index contributed by atoms with van der Waals surface area (Å²) in [6, 6.07) is 6.56. The molecular formula is C12H13NO. The number of rotatable bonds is 1. The number of fused-ring (bicyclic) bond motifs is 1. The van der Waals surface area contributed by atoms with E-state index in [4.69, 9.17) is 4.74 Å². The van der Waals surface area contributed by atoms with Gasteiger partial charge in [-0.1, -0.05) is 18.2 Å². The third-order valence-electron chi connectivity index (χ3n) is 2.88. The van der Waals surface area contributed by atoms with Crippen molar-refractivity contribution >= 4 is 5.57 Å². The molecule has 1 N–H and O–H groups in total. The van der Waals surface area contributed by atoms with Crippen molar-refractivity contribution < 1.29 is 4.74 Å². The van der Waals surface area contributed by atoms with Gasteiger partial charge < -0.3 is 10.1 Å². The zero-order valence-electron chi connectivity index (χ0n) is 8.05. The summed E-state index contributed by atoms with van der Waals surface area (Å²) in [4.78, 5) is 0. The van der Waals surface area contributed by atoms with Crippen molar-refractivity contribution in [1.29, 1.82) is 0 Å². The van der Waals surface area contributed by atoms with E-state index in [0.717, 1.165) is 31.9 Å². The Morgan fingerprint density at radius 2 is 2.29 bits per heavy atom. The fourth-order valence-electron chi connectivity index (χ4n) is 2.06. The lowest BCUT2D eigenvalue weighted by Gasteiger charge is -2.04. The van der Waals surface area contributed by atoms with Crippen LogP contribution in [0.4, 0.5) is 0 Å². The Morgan fingerprint density at radius 3 is 3.14 bits per heavy atom. The molecule has 0 saturated heterocycles. The summed E-state index contributed by atoms with van der Waals surface area (Å²) in [5.74, 6) is 1.08. The predicted molar refractivity (Wildman–Crippen MR) is 56.5 cm³/mol. The minimum Gasteiger partial charge on any atom is -0.493 e. The highest BCUT2D eigenvalue weighted by Gasteiger charge is 2.14. The molecule has 0 radical (unpaired) electrons. The Bertz CT molecular complexity index is 395. The Kier molecular flexibility index (Phi) is 1.81. The van der Waals surface area contributed by atoms with Crippen LogP contribution in [0.25, 0.3) is 5.57 Å². The first-order chi connectivity index (χ1) is 6.93. The van der Waals surface area contributed by atoms with Crippen LogP contribution in [0.2, 0.25) is 0 Å². The van der Waals surface area contributed by atoms with Gasteiger partial charge in [0.15, 0.2) is 0 Å². The normalized spacial score (nSPS) is 19.0. The van der Waals surface area contributed by atoms with Gasteiger partial charge in [0.25, 0.3) is 0 Å². The molecule has 0 spiro atoms. The van der Waals surface area contributed by atoms with Crippen LogP contribution in [0.5, 0.6) is 5.75 Å². The van der Waals surface area contributed by atoms with E-state index in [9.17, 15) is 0 Å². The lowest BCUT2D eigenvalue weighted by molar-refractivity contribution is 0.356. The van der Waals surface area contributed by atoms with Gasteiger partial charge in [0.1, 0.15) is 5.75 Å². The molecule has 3 rings (SSSR count). The molecule has 0 aromatic heterocycles. The molecule has 14 heavy (non-hydrogen) atoms. The van der Waals surface area contributed by atoms with Gasteiger partial charge in [0.05, 0.1) is 6.61 Å². The van der Waals surface area contributed by atoms with Crippen LogP contribution in [-0.4, -0.2) is 19.7 Å². The number of hydrogen-bond acceptors (Lipinski definition) is 2. The van der Waals surface area contributed by atoms with Crippen LogP contribution in [-0.2, 0) is 6.42 Å². The molecule has 1 aromatic carbocycles. The van der Waals surface area contributed by atoms with Crippen molar-refractivity contribution in [2.45, 2.75) is 6.42 Å². The van der Waals surface area contributed by atoms with Gasteiger partial charge in [-0.3, -0.25) is 0 Å². The van der Waals surface area contributed by atoms with E-state index in [0.29, 0.717) is 0 Å². The lowest BCUT2D eigenvalue weighted by Crippen LogP contribution is -2.07. The molecule has 2 heterocycles. The number of hydrogen-bond donors (Lipinski definition) is 1. The highest BCUT2D eigenvalue weighted by atomic mass is 16.5. The van der Waals surface area contributed by atoms with Gasteiger partial charge in [0, 0.05) is 19.5 Å². The zero-order valence-corrected chi connectivity index (χ0v) is 8.05. The molecule has 1 aromatic rings. The summed E-state index contributed by atoms with van der Waals surface area (Å²) in [6.07, 6.45) is 3.31. The van der Waals surface area contributed by atoms with E-state index in [1.165, 1.54) is 16.7 Å². The van der Waals surface area contributed by atoms with Crippen LogP contribution in [0.1, 0.15) is 11.1 Å². The quantitative estimate of drug-likeness (QED) is 0.721. The molecular weight excluding hydrogens is 174 g/mol. The summed E-state index contributed by atoms with van der Waals surface area (Å²) in [7, 11) is 0. The summed E-state index contributed by atoms with van der Waals surface area (Å²) >= 11 is 0. The van der Waals surface area contributed by atoms with Gasteiger partial charge >= 0.3 is 0 Å². The monoisotopic (exact) mass is 187 g/mol. The summed E-state index contributed by atoms with van der Waals surface area (Å²) in [5, 5.41) is 3.31. The summed E-state index contributed by atoms with van der Waals surface area (Å²) in [6.45, 7) is 2.82. The van der Waals surface area contributed by atoms with E-state index in [-0.39, 0.29) is 0 Å². The van der Waals surface area contributed by atoms with Crippen molar-refractivity contribution in [3.05, 3.63) is 35.4 Å². The Labute approximate surface area is 83.6 Å². The van der Waals surface area contributed by atoms with Gasteiger partial charge in [-0.05, 0) is 22.8 Å². The molecule has 2 nitrogen and oxygen atoms in total. The molecule has 0 bridgehead atoms. The molecule has 2 aliphatic rings. The largest absolute Gasteiger partial charge is 0.493 e. The minimum atomic E-state index is 0.843. The highest BCUT2D eigenvalue weighted by Crippen LogP contribution is 2.29. The topological polar surface area (TPSA) is 21.3 Å².